The molecular formula is C16H17N3O2. The number of nitrogens with zero attached hydrogens (tertiary/aromatic N) is 1. The maximum Gasteiger partial charge on any atom is 0.307 e. The van der Waals surface area contributed by atoms with Gasteiger partial charge in [-0.05, 0) is 18.8 Å². The maximum absolute atomic E-state index is 12.2. The molecule has 2 aliphatic rings. The summed E-state index contributed by atoms with van der Waals surface area (Å²) in [6.45, 7) is 0.996. The van der Waals surface area contributed by atoms with E-state index in [4.69, 9.17) is 4.42 Å². The highest BCUT2D eigenvalue weighted by Gasteiger charge is 2.40. The summed E-state index contributed by atoms with van der Waals surface area (Å²) in [5.41, 5.74) is 0.924. The van der Waals surface area contributed by atoms with Crippen molar-refractivity contribution >= 4 is 5.91 Å². The summed E-state index contributed by atoms with van der Waals surface area (Å²) in [6, 6.07) is 10.5. The third-order valence-electron chi connectivity index (χ3n) is 4.44. The molecule has 2 aromatic rings. The third kappa shape index (κ3) is 2.34. The van der Waals surface area contributed by atoms with Crippen LogP contribution in [-0.4, -0.2) is 29.5 Å². The van der Waals surface area contributed by atoms with Gasteiger partial charge in [-0.1, -0.05) is 30.3 Å². The Hall–Kier alpha value is -2.14. The highest BCUT2D eigenvalue weighted by Crippen LogP contribution is 2.31. The van der Waals surface area contributed by atoms with Gasteiger partial charge < -0.3 is 15.1 Å². The van der Waals surface area contributed by atoms with Crippen LogP contribution in [0.5, 0.6) is 0 Å². The summed E-state index contributed by atoms with van der Waals surface area (Å²) in [5.74, 6) is 1.09. The number of rotatable bonds is 3. The number of hydrogen-bond acceptors (Lipinski definition) is 4. The highest BCUT2D eigenvalue weighted by molar-refractivity contribution is 5.90. The fourth-order valence-electron chi connectivity index (χ4n) is 3.36. The minimum Gasteiger partial charge on any atom is -0.432 e. The number of benzene rings is 1. The molecule has 3 atom stereocenters. The Kier molecular flexibility index (Phi) is 3.00. The highest BCUT2D eigenvalue weighted by atomic mass is 16.4. The predicted molar refractivity (Wildman–Crippen MR) is 77.7 cm³/mol. The molecule has 1 aromatic carbocycles. The quantitative estimate of drug-likeness (QED) is 0.901. The number of oxazole rings is 1. The van der Waals surface area contributed by atoms with Crippen molar-refractivity contribution in [2.75, 3.05) is 6.54 Å². The fourth-order valence-corrected chi connectivity index (χ4v) is 3.36. The van der Waals surface area contributed by atoms with Crippen LogP contribution in [0.4, 0.5) is 0 Å². The number of aromatic nitrogens is 1. The van der Waals surface area contributed by atoms with Gasteiger partial charge in [-0.15, -0.1) is 0 Å². The molecule has 1 aliphatic carbocycles. The lowest BCUT2D eigenvalue weighted by atomic mass is 10.0. The first-order valence-corrected chi connectivity index (χ1v) is 7.35. The Morgan fingerprint density at radius 3 is 2.86 bits per heavy atom. The summed E-state index contributed by atoms with van der Waals surface area (Å²) in [4.78, 5) is 16.3. The van der Waals surface area contributed by atoms with Crippen LogP contribution < -0.4 is 10.6 Å². The SMILES string of the molecule is O=C(NC1CC2CC1CN2)c1ncc(-c2ccccc2)o1. The molecule has 2 fully saturated rings. The monoisotopic (exact) mass is 283 g/mol. The van der Waals surface area contributed by atoms with Crippen molar-refractivity contribution in [2.24, 2.45) is 5.92 Å². The van der Waals surface area contributed by atoms with E-state index in [2.05, 4.69) is 15.6 Å². The van der Waals surface area contributed by atoms with Crippen molar-refractivity contribution in [3.8, 4) is 11.3 Å². The zero-order valence-corrected chi connectivity index (χ0v) is 11.6. The topological polar surface area (TPSA) is 67.2 Å². The van der Waals surface area contributed by atoms with Crippen LogP contribution in [0.25, 0.3) is 11.3 Å². The molecule has 2 heterocycles. The van der Waals surface area contributed by atoms with Crippen molar-refractivity contribution < 1.29 is 9.21 Å². The van der Waals surface area contributed by atoms with Crippen LogP contribution in [0.3, 0.4) is 0 Å². The first-order chi connectivity index (χ1) is 10.3. The molecule has 21 heavy (non-hydrogen) atoms. The van der Waals surface area contributed by atoms with Gasteiger partial charge in [0, 0.05) is 24.2 Å². The molecule has 0 radical (unpaired) electrons. The van der Waals surface area contributed by atoms with Gasteiger partial charge in [0.25, 0.3) is 5.89 Å². The van der Waals surface area contributed by atoms with Crippen LogP contribution in [0, 0.1) is 5.92 Å². The van der Waals surface area contributed by atoms with Crippen LogP contribution in [-0.2, 0) is 0 Å². The minimum absolute atomic E-state index is 0.143. The fraction of sp³-hybridized carbons (Fsp3) is 0.375. The second-order valence-corrected chi connectivity index (χ2v) is 5.81. The van der Waals surface area contributed by atoms with Crippen molar-refractivity contribution in [2.45, 2.75) is 24.9 Å². The van der Waals surface area contributed by atoms with Gasteiger partial charge in [0.2, 0.25) is 0 Å². The first kappa shape index (κ1) is 12.6. The summed E-state index contributed by atoms with van der Waals surface area (Å²) in [7, 11) is 0. The maximum atomic E-state index is 12.2. The van der Waals surface area contributed by atoms with Crippen LogP contribution in [0.1, 0.15) is 23.5 Å². The average Bonchev–Trinajstić information content (AvgIpc) is 3.24. The molecule has 108 valence electrons. The van der Waals surface area contributed by atoms with E-state index in [1.54, 1.807) is 6.20 Å². The standard InChI is InChI=1S/C16H17N3O2/c20-15(19-13-7-12-6-11(13)8-17-12)16-18-9-14(21-16)10-4-2-1-3-5-10/h1-5,9,11-13,17H,6-8H2,(H,19,20). The minimum atomic E-state index is -0.213. The first-order valence-electron chi connectivity index (χ1n) is 7.35. The largest absolute Gasteiger partial charge is 0.432 e. The lowest BCUT2D eigenvalue weighted by molar-refractivity contribution is 0.0890. The number of piperidine rings is 1. The zero-order valence-electron chi connectivity index (χ0n) is 11.6. The van der Waals surface area contributed by atoms with E-state index in [1.807, 2.05) is 30.3 Å². The molecule has 3 unspecified atom stereocenters. The molecule has 2 N–H and O–H groups in total. The second kappa shape index (κ2) is 5.00. The molecule has 1 amide bonds. The van der Waals surface area contributed by atoms with E-state index in [1.165, 1.54) is 0 Å². The van der Waals surface area contributed by atoms with E-state index in [0.29, 0.717) is 17.7 Å². The Morgan fingerprint density at radius 1 is 1.29 bits per heavy atom. The third-order valence-corrected chi connectivity index (χ3v) is 4.44. The molecule has 4 rings (SSSR count). The zero-order chi connectivity index (χ0) is 14.2. The number of fused-ring (bicyclic) bond motifs is 2. The molecule has 1 aliphatic heterocycles. The average molecular weight is 283 g/mol. The van der Waals surface area contributed by atoms with Crippen molar-refractivity contribution in [1.29, 1.82) is 0 Å². The summed E-state index contributed by atoms with van der Waals surface area (Å²) in [6.07, 6.45) is 3.76. The summed E-state index contributed by atoms with van der Waals surface area (Å²) < 4.78 is 5.58. The Morgan fingerprint density at radius 2 is 2.14 bits per heavy atom. The molecule has 1 saturated heterocycles. The number of hydrogen-bond donors (Lipinski definition) is 2. The Labute approximate surface area is 122 Å². The number of amides is 1. The molecule has 5 nitrogen and oxygen atoms in total. The van der Waals surface area contributed by atoms with Gasteiger partial charge in [0.1, 0.15) is 0 Å². The van der Waals surface area contributed by atoms with E-state index in [9.17, 15) is 4.79 Å². The van der Waals surface area contributed by atoms with Gasteiger partial charge >= 0.3 is 5.91 Å². The lowest BCUT2D eigenvalue weighted by Crippen LogP contribution is -2.44. The van der Waals surface area contributed by atoms with Crippen LogP contribution in [0.2, 0.25) is 0 Å². The molecular weight excluding hydrogens is 266 g/mol. The molecule has 1 aromatic heterocycles. The normalized spacial score (nSPS) is 27.0. The van der Waals surface area contributed by atoms with Crippen molar-refractivity contribution in [3.63, 3.8) is 0 Å². The van der Waals surface area contributed by atoms with Gasteiger partial charge in [-0.2, -0.15) is 0 Å². The van der Waals surface area contributed by atoms with Gasteiger partial charge in [0.05, 0.1) is 6.20 Å². The number of nitrogens with one attached hydrogen (secondary N) is 2. The van der Waals surface area contributed by atoms with E-state index in [-0.39, 0.29) is 17.8 Å². The molecule has 0 spiro atoms. The predicted octanol–water partition coefficient (Wildman–Crippen LogP) is 1.82. The lowest BCUT2D eigenvalue weighted by Gasteiger charge is -2.22. The summed E-state index contributed by atoms with van der Waals surface area (Å²) >= 11 is 0. The summed E-state index contributed by atoms with van der Waals surface area (Å²) in [5, 5.41) is 6.49. The van der Waals surface area contributed by atoms with Crippen LogP contribution >= 0.6 is 0 Å². The van der Waals surface area contributed by atoms with E-state index in [0.717, 1.165) is 24.9 Å². The van der Waals surface area contributed by atoms with Crippen LogP contribution in [0.15, 0.2) is 40.9 Å². The molecule has 1 saturated carbocycles. The Balaban J connectivity index is 1.47. The number of carbonyl (C=O) groups excluding carboxylic acids is 1. The van der Waals surface area contributed by atoms with Gasteiger partial charge in [0.15, 0.2) is 5.76 Å². The van der Waals surface area contributed by atoms with Crippen molar-refractivity contribution in [3.05, 3.63) is 42.4 Å². The van der Waals surface area contributed by atoms with Gasteiger partial charge in [-0.25, -0.2) is 4.98 Å². The smallest absolute Gasteiger partial charge is 0.307 e. The number of carbonyl (C=O) groups is 1. The molecule has 5 heteroatoms. The molecule has 2 bridgehead atoms. The van der Waals surface area contributed by atoms with E-state index >= 15 is 0 Å². The van der Waals surface area contributed by atoms with E-state index < -0.39 is 0 Å². The van der Waals surface area contributed by atoms with Gasteiger partial charge in [-0.3, -0.25) is 4.79 Å². The van der Waals surface area contributed by atoms with Crippen molar-refractivity contribution in [1.82, 2.24) is 15.6 Å². The Bertz CT molecular complexity index is 653. The second-order valence-electron chi connectivity index (χ2n) is 5.81.